The summed E-state index contributed by atoms with van der Waals surface area (Å²) in [4.78, 5) is 13.4. The van der Waals surface area contributed by atoms with E-state index in [1.54, 1.807) is 24.3 Å². The van der Waals surface area contributed by atoms with Gasteiger partial charge in [-0.1, -0.05) is 42.5 Å². The zero-order valence-electron chi connectivity index (χ0n) is 15.9. The van der Waals surface area contributed by atoms with E-state index in [1.165, 1.54) is 7.11 Å². The summed E-state index contributed by atoms with van der Waals surface area (Å²) in [5.74, 6) is -0.421. The van der Waals surface area contributed by atoms with Crippen LogP contribution in [0.1, 0.15) is 33.2 Å². The number of methoxy groups -OCH3 is 1. The molecule has 0 amide bonds. The van der Waals surface area contributed by atoms with Crippen molar-refractivity contribution in [1.82, 2.24) is 9.62 Å². The molecule has 1 atom stereocenters. The number of hydrogen-bond acceptors (Lipinski definition) is 5. The fourth-order valence-corrected chi connectivity index (χ4v) is 4.21. The zero-order chi connectivity index (χ0) is 19.9. The number of esters is 1. The Labute approximate surface area is 161 Å². The van der Waals surface area contributed by atoms with Crippen molar-refractivity contribution in [2.24, 2.45) is 0 Å². The van der Waals surface area contributed by atoms with Crippen LogP contribution in [0.5, 0.6) is 0 Å². The first-order valence-electron chi connectivity index (χ1n) is 8.69. The summed E-state index contributed by atoms with van der Waals surface area (Å²) >= 11 is 0. The van der Waals surface area contributed by atoms with Crippen molar-refractivity contribution in [2.75, 3.05) is 27.7 Å². The topological polar surface area (TPSA) is 75.7 Å². The van der Waals surface area contributed by atoms with Gasteiger partial charge in [0.15, 0.2) is 0 Å². The second-order valence-electron chi connectivity index (χ2n) is 6.55. The van der Waals surface area contributed by atoms with Crippen LogP contribution < -0.4 is 4.72 Å². The number of nitrogens with one attached hydrogen (secondary N) is 1. The number of carbonyl (C=O) groups is 1. The Balaban J connectivity index is 2.12. The fraction of sp³-hybridized carbons (Fsp3) is 0.350. The molecule has 0 fully saturated rings. The largest absolute Gasteiger partial charge is 0.465 e. The number of rotatable bonds is 9. The molecule has 0 aliphatic rings. The Kier molecular flexibility index (Phi) is 7.53. The van der Waals surface area contributed by atoms with Gasteiger partial charge >= 0.3 is 5.97 Å². The average molecular weight is 391 g/mol. The normalized spacial score (nSPS) is 12.7. The van der Waals surface area contributed by atoms with Crippen LogP contribution in [-0.2, 0) is 21.3 Å². The molecule has 0 aliphatic heterocycles. The van der Waals surface area contributed by atoms with Crippen molar-refractivity contribution < 1.29 is 17.9 Å². The van der Waals surface area contributed by atoms with Crippen LogP contribution >= 0.6 is 0 Å². The summed E-state index contributed by atoms with van der Waals surface area (Å²) in [7, 11) is 1.60. The maximum Gasteiger partial charge on any atom is 0.337 e. The van der Waals surface area contributed by atoms with Gasteiger partial charge in [-0.3, -0.25) is 0 Å². The van der Waals surface area contributed by atoms with Crippen LogP contribution in [0.15, 0.2) is 54.6 Å². The van der Waals surface area contributed by atoms with Gasteiger partial charge in [0.1, 0.15) is 5.25 Å². The van der Waals surface area contributed by atoms with Crippen LogP contribution in [0.25, 0.3) is 0 Å². The van der Waals surface area contributed by atoms with Crippen molar-refractivity contribution in [3.05, 3.63) is 71.3 Å². The third-order valence-corrected chi connectivity index (χ3v) is 6.04. The molecule has 0 heterocycles. The summed E-state index contributed by atoms with van der Waals surface area (Å²) in [6.45, 7) is 0.823. The number of carbonyl (C=O) groups excluding carboxylic acids is 1. The maximum atomic E-state index is 12.9. The molecule has 146 valence electrons. The molecule has 0 saturated heterocycles. The lowest BCUT2D eigenvalue weighted by Gasteiger charge is -2.21. The lowest BCUT2D eigenvalue weighted by Crippen LogP contribution is -2.31. The van der Waals surface area contributed by atoms with E-state index in [0.29, 0.717) is 18.5 Å². The van der Waals surface area contributed by atoms with Gasteiger partial charge in [-0.25, -0.2) is 17.9 Å². The Bertz CT molecular complexity index is 834. The molecule has 0 radical (unpaired) electrons. The molecular weight excluding hydrogens is 364 g/mol. The van der Waals surface area contributed by atoms with Gasteiger partial charge in [0.05, 0.1) is 12.7 Å². The quantitative estimate of drug-likeness (QED) is 0.666. The van der Waals surface area contributed by atoms with Gasteiger partial charge in [0, 0.05) is 6.54 Å². The van der Waals surface area contributed by atoms with Gasteiger partial charge in [0.25, 0.3) is 0 Å². The first-order chi connectivity index (χ1) is 12.8. The molecule has 2 aromatic carbocycles. The second kappa shape index (κ2) is 9.64. The highest BCUT2D eigenvalue weighted by molar-refractivity contribution is 7.89. The summed E-state index contributed by atoms with van der Waals surface area (Å²) in [6.07, 6.45) is 0.494. The minimum Gasteiger partial charge on any atom is -0.465 e. The number of ether oxygens (including phenoxy) is 1. The van der Waals surface area contributed by atoms with E-state index in [-0.39, 0.29) is 6.54 Å². The molecule has 0 aliphatic carbocycles. The van der Waals surface area contributed by atoms with E-state index < -0.39 is 21.2 Å². The molecule has 0 saturated carbocycles. The van der Waals surface area contributed by atoms with Crippen molar-refractivity contribution in [3.8, 4) is 0 Å². The zero-order valence-corrected chi connectivity index (χ0v) is 16.7. The monoisotopic (exact) mass is 390 g/mol. The minimum absolute atomic E-state index is 0.162. The first kappa shape index (κ1) is 21.1. The SMILES string of the molecule is COC(=O)c1ccc(CNS(=O)(=O)C(CCN(C)C)c2ccccc2)cc1. The van der Waals surface area contributed by atoms with Crippen LogP contribution in [-0.4, -0.2) is 47.0 Å². The highest BCUT2D eigenvalue weighted by Gasteiger charge is 2.26. The minimum atomic E-state index is -3.57. The summed E-state index contributed by atoms with van der Waals surface area (Å²) < 4.78 is 33.2. The lowest BCUT2D eigenvalue weighted by molar-refractivity contribution is 0.0600. The molecule has 2 aromatic rings. The van der Waals surface area contributed by atoms with E-state index in [0.717, 1.165) is 11.1 Å². The summed E-state index contributed by atoms with van der Waals surface area (Å²) in [5.41, 5.74) is 1.97. The predicted molar refractivity (Wildman–Crippen MR) is 106 cm³/mol. The van der Waals surface area contributed by atoms with E-state index in [9.17, 15) is 13.2 Å². The summed E-state index contributed by atoms with van der Waals surface area (Å²) in [5, 5.41) is -0.629. The Morgan fingerprint density at radius 2 is 1.70 bits per heavy atom. The molecule has 27 heavy (non-hydrogen) atoms. The van der Waals surface area contributed by atoms with Crippen molar-refractivity contribution >= 4 is 16.0 Å². The van der Waals surface area contributed by atoms with Gasteiger partial charge in [-0.15, -0.1) is 0 Å². The van der Waals surface area contributed by atoms with E-state index in [1.807, 2.05) is 49.3 Å². The molecule has 0 spiro atoms. The average Bonchev–Trinajstić information content (AvgIpc) is 2.67. The molecule has 7 heteroatoms. The van der Waals surface area contributed by atoms with Gasteiger partial charge in [0.2, 0.25) is 10.0 Å². The molecule has 6 nitrogen and oxygen atoms in total. The molecule has 0 bridgehead atoms. The second-order valence-corrected chi connectivity index (χ2v) is 8.49. The number of hydrogen-bond donors (Lipinski definition) is 1. The smallest absolute Gasteiger partial charge is 0.337 e. The van der Waals surface area contributed by atoms with Gasteiger partial charge < -0.3 is 9.64 Å². The molecule has 1 N–H and O–H groups in total. The van der Waals surface area contributed by atoms with Crippen LogP contribution in [0.3, 0.4) is 0 Å². The van der Waals surface area contributed by atoms with Crippen molar-refractivity contribution in [1.29, 1.82) is 0 Å². The van der Waals surface area contributed by atoms with E-state index in [4.69, 9.17) is 0 Å². The molecule has 0 aromatic heterocycles. The molecular formula is C20H26N2O4S. The standard InChI is InChI=1S/C20H26N2O4S/c1-22(2)14-13-19(17-7-5-4-6-8-17)27(24,25)21-15-16-9-11-18(12-10-16)20(23)26-3/h4-12,19,21H,13-15H2,1-3H3. The highest BCUT2D eigenvalue weighted by Crippen LogP contribution is 2.25. The maximum absolute atomic E-state index is 12.9. The van der Waals surface area contributed by atoms with Crippen LogP contribution in [0, 0.1) is 0 Å². The third kappa shape index (κ3) is 6.16. The predicted octanol–water partition coefficient (Wildman–Crippen LogP) is 2.59. The highest BCUT2D eigenvalue weighted by atomic mass is 32.2. The van der Waals surface area contributed by atoms with E-state index in [2.05, 4.69) is 9.46 Å². The number of benzene rings is 2. The molecule has 2 rings (SSSR count). The first-order valence-corrected chi connectivity index (χ1v) is 10.2. The fourth-order valence-electron chi connectivity index (χ4n) is 2.71. The molecule has 1 unspecified atom stereocenters. The summed E-state index contributed by atoms with van der Waals surface area (Å²) in [6, 6.07) is 15.9. The van der Waals surface area contributed by atoms with E-state index >= 15 is 0 Å². The number of sulfonamides is 1. The van der Waals surface area contributed by atoms with Gasteiger partial charge in [-0.2, -0.15) is 0 Å². The Morgan fingerprint density at radius 1 is 1.07 bits per heavy atom. The third-order valence-electron chi connectivity index (χ3n) is 4.24. The van der Waals surface area contributed by atoms with Crippen LogP contribution in [0.2, 0.25) is 0 Å². The lowest BCUT2D eigenvalue weighted by atomic mass is 10.1. The van der Waals surface area contributed by atoms with Crippen molar-refractivity contribution in [3.63, 3.8) is 0 Å². The number of nitrogens with zero attached hydrogens (tertiary/aromatic N) is 1. The van der Waals surface area contributed by atoms with Gasteiger partial charge in [-0.05, 0) is 50.3 Å². The Hall–Kier alpha value is -2.22. The van der Waals surface area contributed by atoms with Crippen LogP contribution in [0.4, 0.5) is 0 Å². The van der Waals surface area contributed by atoms with Crippen molar-refractivity contribution in [2.45, 2.75) is 18.2 Å². The Morgan fingerprint density at radius 3 is 2.26 bits per heavy atom.